The molecule has 3 unspecified atom stereocenters. The zero-order valence-corrected chi connectivity index (χ0v) is 32.7. The van der Waals surface area contributed by atoms with Gasteiger partial charge in [0, 0.05) is 11.8 Å². The summed E-state index contributed by atoms with van der Waals surface area (Å²) in [4.78, 5) is 96.7. The lowest BCUT2D eigenvalue weighted by molar-refractivity contribution is -0.160. The second kappa shape index (κ2) is 16.8. The van der Waals surface area contributed by atoms with Crippen molar-refractivity contribution in [1.29, 1.82) is 0 Å². The van der Waals surface area contributed by atoms with E-state index in [1.54, 1.807) is 11.8 Å². The van der Waals surface area contributed by atoms with Crippen LogP contribution in [0.1, 0.15) is 110 Å². The number of nitrogens with one attached hydrogen (secondary N) is 5. The Labute approximate surface area is 322 Å². The lowest BCUT2D eigenvalue weighted by Crippen LogP contribution is -2.70. The second-order valence-electron chi connectivity index (χ2n) is 16.5. The van der Waals surface area contributed by atoms with Crippen LogP contribution in [0.5, 0.6) is 0 Å². The molecule has 3 aliphatic heterocycles. The normalized spacial score (nSPS) is 29.2. The number of carbonyl (C=O) groups excluding carboxylic acids is 7. The maximum Gasteiger partial charge on any atom is 0.290 e. The van der Waals surface area contributed by atoms with E-state index < -0.39 is 71.1 Å². The highest BCUT2D eigenvalue weighted by Crippen LogP contribution is 2.54. The van der Waals surface area contributed by atoms with Crippen molar-refractivity contribution in [2.24, 2.45) is 23.2 Å². The van der Waals surface area contributed by atoms with E-state index in [1.165, 1.54) is 0 Å². The molecule has 1 aromatic rings. The number of amides is 6. The highest BCUT2D eigenvalue weighted by Gasteiger charge is 2.62. The Bertz CT molecular complexity index is 1620. The Morgan fingerprint density at radius 1 is 0.926 bits per heavy atom. The molecular weight excluding hydrogens is 709 g/mol. The van der Waals surface area contributed by atoms with E-state index in [-0.39, 0.29) is 47.1 Å². The van der Waals surface area contributed by atoms with Crippen LogP contribution in [0.2, 0.25) is 0 Å². The Balaban J connectivity index is 1.20. The van der Waals surface area contributed by atoms with Crippen LogP contribution >= 0.6 is 11.8 Å². The van der Waals surface area contributed by atoms with Crippen LogP contribution in [0, 0.1) is 23.2 Å². The summed E-state index contributed by atoms with van der Waals surface area (Å²) in [5.74, 6) is -2.93. The third-order valence-electron chi connectivity index (χ3n) is 12.7. The maximum atomic E-state index is 14.7. The summed E-state index contributed by atoms with van der Waals surface area (Å²) in [7, 11) is 0. The molecule has 2 saturated carbocycles. The quantitative estimate of drug-likeness (QED) is 0.189. The largest absolute Gasteiger partial charge is 0.344 e. The predicted octanol–water partition coefficient (Wildman–Crippen LogP) is 3.52. The zero-order valence-electron chi connectivity index (χ0n) is 31.9. The first-order valence-corrected chi connectivity index (χ1v) is 20.9. The van der Waals surface area contributed by atoms with E-state index in [1.807, 2.05) is 51.1 Å². The van der Waals surface area contributed by atoms with Crippen LogP contribution in [0.25, 0.3) is 0 Å². The number of rotatable bonds is 13. The summed E-state index contributed by atoms with van der Waals surface area (Å²) >= 11 is 1.03. The minimum atomic E-state index is -1.06. The molecule has 2 aliphatic carbocycles. The van der Waals surface area contributed by atoms with Crippen LogP contribution in [-0.2, 0) is 28.8 Å². The van der Waals surface area contributed by atoms with Gasteiger partial charge in [0.1, 0.15) is 24.2 Å². The molecule has 0 bridgehead atoms. The molecule has 9 atom stereocenters. The minimum absolute atomic E-state index is 0.00354. The van der Waals surface area contributed by atoms with Crippen molar-refractivity contribution >= 4 is 52.3 Å². The van der Waals surface area contributed by atoms with Crippen LogP contribution in [0.3, 0.4) is 0 Å². The second-order valence-corrected chi connectivity index (χ2v) is 17.5. The van der Waals surface area contributed by atoms with Crippen molar-refractivity contribution < 1.29 is 33.6 Å². The summed E-state index contributed by atoms with van der Waals surface area (Å²) in [6, 6.07) is 4.21. The fourth-order valence-electron chi connectivity index (χ4n) is 9.78. The Hall–Kier alpha value is -3.94. The van der Waals surface area contributed by atoms with Crippen LogP contribution in [0.15, 0.2) is 30.3 Å². The van der Waals surface area contributed by atoms with Crippen LogP contribution < -0.4 is 26.6 Å². The number of carbonyl (C=O) groups is 7. The number of hydrogen-bond acceptors (Lipinski definition) is 8. The van der Waals surface area contributed by atoms with E-state index in [0.29, 0.717) is 12.8 Å². The van der Waals surface area contributed by atoms with E-state index in [2.05, 4.69) is 26.6 Å². The van der Waals surface area contributed by atoms with Crippen molar-refractivity contribution in [3.8, 4) is 0 Å². The first-order valence-electron chi connectivity index (χ1n) is 19.9. The van der Waals surface area contributed by atoms with E-state index in [4.69, 9.17) is 0 Å². The number of piperidine rings is 1. The predicted molar refractivity (Wildman–Crippen MR) is 204 cm³/mol. The number of hydrogen-bond donors (Lipinski definition) is 5. The Morgan fingerprint density at radius 3 is 2.31 bits per heavy atom. The first-order chi connectivity index (χ1) is 25.8. The molecule has 54 heavy (non-hydrogen) atoms. The fourth-order valence-corrected chi connectivity index (χ4v) is 10.6. The molecule has 3 heterocycles. The molecule has 5 aliphatic rings. The molecule has 6 amide bonds. The molecule has 6 rings (SSSR count). The van der Waals surface area contributed by atoms with E-state index in [9.17, 15) is 33.6 Å². The molecule has 13 nitrogen and oxygen atoms in total. The van der Waals surface area contributed by atoms with E-state index >= 15 is 0 Å². The maximum absolute atomic E-state index is 14.7. The van der Waals surface area contributed by atoms with Gasteiger partial charge in [0.2, 0.25) is 29.4 Å². The smallest absolute Gasteiger partial charge is 0.290 e. The van der Waals surface area contributed by atoms with Gasteiger partial charge < -0.3 is 31.5 Å². The summed E-state index contributed by atoms with van der Waals surface area (Å²) in [6.07, 6.45) is 8.29. The van der Waals surface area contributed by atoms with Gasteiger partial charge in [-0.1, -0.05) is 95.0 Å². The first kappa shape index (κ1) is 39.7. The average Bonchev–Trinajstić information content (AvgIpc) is 3.79. The minimum Gasteiger partial charge on any atom is -0.344 e. The van der Waals surface area contributed by atoms with Crippen molar-refractivity contribution in [3.63, 3.8) is 0 Å². The van der Waals surface area contributed by atoms with Gasteiger partial charge in [-0.2, -0.15) is 0 Å². The van der Waals surface area contributed by atoms with Gasteiger partial charge in [0.05, 0.1) is 12.1 Å². The van der Waals surface area contributed by atoms with Crippen molar-refractivity contribution in [3.05, 3.63) is 35.9 Å². The zero-order chi connectivity index (χ0) is 38.7. The van der Waals surface area contributed by atoms with Gasteiger partial charge in [0.25, 0.3) is 11.1 Å². The highest BCUT2D eigenvalue weighted by molar-refractivity contribution is 8.14. The molecule has 1 aromatic carbocycles. The number of benzene rings is 1. The summed E-state index contributed by atoms with van der Waals surface area (Å²) in [5.41, 5.74) is 0.198. The van der Waals surface area contributed by atoms with Gasteiger partial charge in [-0.15, -0.1) is 0 Å². The van der Waals surface area contributed by atoms with Gasteiger partial charge in [0.15, 0.2) is 0 Å². The topological polar surface area (TPSA) is 183 Å². The average molecular weight is 765 g/mol. The van der Waals surface area contributed by atoms with E-state index in [0.717, 1.165) is 68.7 Å². The molecule has 14 heteroatoms. The lowest BCUT2D eigenvalue weighted by atomic mass is 9.60. The Kier molecular flexibility index (Phi) is 12.4. The van der Waals surface area contributed by atoms with Gasteiger partial charge >= 0.3 is 0 Å². The third-order valence-corrected chi connectivity index (χ3v) is 13.6. The highest BCUT2D eigenvalue weighted by atomic mass is 32.2. The summed E-state index contributed by atoms with van der Waals surface area (Å²) in [6.45, 7) is 7.69. The summed E-state index contributed by atoms with van der Waals surface area (Å²) in [5, 5.41) is 14.0. The van der Waals surface area contributed by atoms with Crippen molar-refractivity contribution in [1.82, 2.24) is 31.5 Å². The SMILES string of the molecule is CCCC(NC(=O)[C@@H]1C[C@@H]2CCCC3[C@@H]2N1C(=O)[C@@H](NC(=O)[C@@H](NC(=O)C1CSC(=O)N1)C1CCCCC1)C3(C)C)C(=O)C(=O)N[C@@H](C)c1ccccc1. The van der Waals surface area contributed by atoms with Crippen LogP contribution in [-0.4, -0.2) is 87.5 Å². The van der Waals surface area contributed by atoms with Crippen molar-refractivity contribution in [2.45, 2.75) is 141 Å². The molecule has 5 N–H and O–H groups in total. The number of Topliss-reactive ketones (excluding diaryl/α,β-unsaturated/α-hetero) is 1. The third kappa shape index (κ3) is 8.18. The number of ketones is 1. The molecule has 3 saturated heterocycles. The molecule has 5 fully saturated rings. The molecule has 0 spiro atoms. The molecule has 0 radical (unpaired) electrons. The van der Waals surface area contributed by atoms with Gasteiger partial charge in [-0.25, -0.2) is 0 Å². The fraction of sp³-hybridized carbons (Fsp3) is 0.675. The molecule has 0 aromatic heterocycles. The van der Waals surface area contributed by atoms with Gasteiger partial charge in [-0.3, -0.25) is 33.6 Å². The number of thioether (sulfide) groups is 1. The molecule has 294 valence electrons. The lowest BCUT2D eigenvalue weighted by Gasteiger charge is -2.55. The monoisotopic (exact) mass is 764 g/mol. The Morgan fingerprint density at radius 2 is 1.65 bits per heavy atom. The standard InChI is InChI=1S/C40H56N6O7S/c1-5-13-27(32(47)37(51)41-22(2)23-14-8-6-9-15-23)42-35(49)29-20-25-18-12-19-26-31(25)46(29)38(52)33(40(26,3)4)45-36(50)30(24-16-10-7-11-17-24)44-34(48)28-21-54-39(53)43-28/h6,8-9,14-15,22,24-31,33H,5,7,10-13,16-21H2,1-4H3,(H,41,51)(H,42,49)(H,43,53)(H,44,48)(H,45,50)/t22-,25-,26?,27?,28?,29-,30-,31+,33+/m0/s1. The summed E-state index contributed by atoms with van der Waals surface area (Å²) < 4.78 is 0. The van der Waals surface area contributed by atoms with Gasteiger partial charge in [-0.05, 0) is 74.2 Å². The molecular formula is C40H56N6O7S. The van der Waals surface area contributed by atoms with Crippen LogP contribution in [0.4, 0.5) is 4.79 Å². The van der Waals surface area contributed by atoms with Crippen molar-refractivity contribution in [2.75, 3.05) is 5.75 Å². The number of nitrogens with zero attached hydrogens (tertiary/aromatic N) is 1.